The normalized spacial score (nSPS) is 10.2. The van der Waals surface area contributed by atoms with Gasteiger partial charge < -0.3 is 5.32 Å². The average Bonchev–Trinajstić information content (AvgIpc) is 2.43. The lowest BCUT2D eigenvalue weighted by Gasteiger charge is -2.07. The van der Waals surface area contributed by atoms with Crippen LogP contribution in [0.25, 0.3) is 0 Å². The van der Waals surface area contributed by atoms with E-state index in [1.165, 1.54) is 0 Å². The Morgan fingerprint density at radius 2 is 1.95 bits per heavy atom. The van der Waals surface area contributed by atoms with E-state index in [0.29, 0.717) is 12.1 Å². The molecule has 0 spiro atoms. The van der Waals surface area contributed by atoms with Gasteiger partial charge in [0.05, 0.1) is 4.92 Å². The minimum atomic E-state index is -1.58. The monoisotopic (exact) mass is 297 g/mol. The molecule has 6 nitrogen and oxygen atoms in total. The molecule has 2 rings (SSSR count). The first kappa shape index (κ1) is 14.4. The second kappa shape index (κ2) is 5.57. The predicted octanol–water partition coefficient (Wildman–Crippen LogP) is 2.66. The number of nitro groups is 1. The molecule has 0 aliphatic carbocycles. The van der Waals surface area contributed by atoms with Crippen molar-refractivity contribution >= 4 is 17.3 Å². The number of carbonyl (C=O) groups is 1. The van der Waals surface area contributed by atoms with Crippen LogP contribution in [0, 0.1) is 27.7 Å². The topological polar surface area (TPSA) is 85.1 Å². The summed E-state index contributed by atoms with van der Waals surface area (Å²) in [6, 6.07) is 3.14. The largest absolute Gasteiger partial charge is 0.314 e. The van der Waals surface area contributed by atoms with Crippen molar-refractivity contribution in [3.8, 4) is 0 Å². The fraction of sp³-hybridized carbons (Fsp3) is 0. The molecule has 1 N–H and O–H groups in total. The van der Waals surface area contributed by atoms with Crippen LogP contribution in [0.4, 0.5) is 24.5 Å². The molecule has 21 heavy (non-hydrogen) atoms. The summed E-state index contributed by atoms with van der Waals surface area (Å²) in [7, 11) is 0. The highest BCUT2D eigenvalue weighted by Crippen LogP contribution is 2.29. The van der Waals surface area contributed by atoms with E-state index >= 15 is 0 Å². The second-order valence-corrected chi connectivity index (χ2v) is 3.83. The van der Waals surface area contributed by atoms with Crippen LogP contribution in [0.5, 0.6) is 0 Å². The Balaban J connectivity index is 2.41. The number of benzene rings is 1. The second-order valence-electron chi connectivity index (χ2n) is 3.83. The van der Waals surface area contributed by atoms with Gasteiger partial charge in [-0.25, -0.2) is 13.8 Å². The van der Waals surface area contributed by atoms with Gasteiger partial charge in [0.15, 0.2) is 17.3 Å². The van der Waals surface area contributed by atoms with E-state index in [2.05, 4.69) is 4.98 Å². The summed E-state index contributed by atoms with van der Waals surface area (Å²) in [5, 5.41) is 12.6. The fourth-order valence-corrected chi connectivity index (χ4v) is 1.54. The zero-order valence-electron chi connectivity index (χ0n) is 10.1. The van der Waals surface area contributed by atoms with Crippen LogP contribution in [0.3, 0.4) is 0 Å². The number of carbonyl (C=O) groups excluding carboxylic acids is 1. The van der Waals surface area contributed by atoms with E-state index in [4.69, 9.17) is 0 Å². The predicted molar refractivity (Wildman–Crippen MR) is 65.2 cm³/mol. The summed E-state index contributed by atoms with van der Waals surface area (Å²) in [5.41, 5.74) is -2.00. The van der Waals surface area contributed by atoms with E-state index in [9.17, 15) is 28.1 Å². The quantitative estimate of drug-likeness (QED) is 0.536. The van der Waals surface area contributed by atoms with Crippen LogP contribution in [0.2, 0.25) is 0 Å². The molecule has 108 valence electrons. The third kappa shape index (κ3) is 2.96. The Bertz CT molecular complexity index is 737. The summed E-state index contributed by atoms with van der Waals surface area (Å²) in [4.78, 5) is 24.8. The molecule has 9 heteroatoms. The Morgan fingerprint density at radius 1 is 1.24 bits per heavy atom. The maximum absolute atomic E-state index is 13.6. The number of hydrogen-bond acceptors (Lipinski definition) is 4. The first-order valence-electron chi connectivity index (χ1n) is 5.45. The van der Waals surface area contributed by atoms with Gasteiger partial charge in [0.1, 0.15) is 0 Å². The molecule has 1 amide bonds. The lowest BCUT2D eigenvalue weighted by Crippen LogP contribution is -2.15. The summed E-state index contributed by atoms with van der Waals surface area (Å²) in [6.45, 7) is 0. The highest BCUT2D eigenvalue weighted by Gasteiger charge is 2.23. The molecule has 1 aromatic carbocycles. The molecule has 0 bridgehead atoms. The van der Waals surface area contributed by atoms with Crippen LogP contribution < -0.4 is 5.32 Å². The van der Waals surface area contributed by atoms with Crippen molar-refractivity contribution in [2.45, 2.75) is 0 Å². The third-order valence-corrected chi connectivity index (χ3v) is 2.50. The lowest BCUT2D eigenvalue weighted by atomic mass is 10.2. The van der Waals surface area contributed by atoms with Crippen molar-refractivity contribution in [1.29, 1.82) is 0 Å². The van der Waals surface area contributed by atoms with Gasteiger partial charge in [0.25, 0.3) is 11.6 Å². The van der Waals surface area contributed by atoms with Crippen molar-refractivity contribution in [3.05, 3.63) is 63.7 Å². The molecule has 1 aromatic heterocycles. The van der Waals surface area contributed by atoms with E-state index in [1.54, 1.807) is 0 Å². The van der Waals surface area contributed by atoms with Crippen LogP contribution in [0.1, 0.15) is 10.4 Å². The SMILES string of the molecule is O=C(Nc1c([N+](=O)[O-])ccc(F)c1F)c1ccnc(F)c1. The Hall–Kier alpha value is -2.97. The van der Waals surface area contributed by atoms with Gasteiger partial charge in [-0.3, -0.25) is 14.9 Å². The van der Waals surface area contributed by atoms with Gasteiger partial charge in [0.2, 0.25) is 5.95 Å². The zero-order chi connectivity index (χ0) is 15.6. The van der Waals surface area contributed by atoms with Crippen molar-refractivity contribution in [2.75, 3.05) is 5.32 Å². The van der Waals surface area contributed by atoms with E-state index in [-0.39, 0.29) is 5.56 Å². The average molecular weight is 297 g/mol. The number of anilines is 1. The molecule has 0 saturated heterocycles. The first-order chi connectivity index (χ1) is 9.90. The third-order valence-electron chi connectivity index (χ3n) is 2.50. The molecule has 0 aliphatic rings. The number of nitrogens with zero attached hydrogens (tertiary/aromatic N) is 2. The number of amides is 1. The minimum Gasteiger partial charge on any atom is -0.314 e. The standard InChI is InChI=1S/C12H6F3N3O3/c13-7-1-2-8(18(20)21)11(10(7)15)17-12(19)6-3-4-16-9(14)5-6/h1-5H,(H,17,19). The molecular formula is C12H6F3N3O3. The molecule has 0 unspecified atom stereocenters. The van der Waals surface area contributed by atoms with E-state index in [1.807, 2.05) is 5.32 Å². The van der Waals surface area contributed by atoms with Gasteiger partial charge in [-0.1, -0.05) is 0 Å². The van der Waals surface area contributed by atoms with Crippen molar-refractivity contribution < 1.29 is 22.9 Å². The van der Waals surface area contributed by atoms with Gasteiger partial charge in [-0.15, -0.1) is 0 Å². The summed E-state index contributed by atoms with van der Waals surface area (Å²) in [5.74, 6) is -4.94. The van der Waals surface area contributed by atoms with Gasteiger partial charge in [-0.05, 0) is 12.1 Å². The fourth-order valence-electron chi connectivity index (χ4n) is 1.54. The van der Waals surface area contributed by atoms with Gasteiger partial charge >= 0.3 is 0 Å². The molecule has 0 aliphatic heterocycles. The van der Waals surface area contributed by atoms with Gasteiger partial charge in [-0.2, -0.15) is 4.39 Å². The smallest absolute Gasteiger partial charge is 0.296 e. The molecular weight excluding hydrogens is 291 g/mol. The lowest BCUT2D eigenvalue weighted by molar-refractivity contribution is -0.384. The molecule has 0 fully saturated rings. The first-order valence-corrected chi connectivity index (χ1v) is 5.45. The van der Waals surface area contributed by atoms with Crippen LogP contribution in [-0.4, -0.2) is 15.8 Å². The van der Waals surface area contributed by atoms with Crippen molar-refractivity contribution in [1.82, 2.24) is 4.98 Å². The Labute approximate surface area is 115 Å². The minimum absolute atomic E-state index is 0.250. The van der Waals surface area contributed by atoms with Crippen molar-refractivity contribution in [2.24, 2.45) is 0 Å². The summed E-state index contributed by atoms with van der Waals surface area (Å²) >= 11 is 0. The Kier molecular flexibility index (Phi) is 3.83. The summed E-state index contributed by atoms with van der Waals surface area (Å²) < 4.78 is 39.6. The van der Waals surface area contributed by atoms with Crippen LogP contribution in [-0.2, 0) is 0 Å². The van der Waals surface area contributed by atoms with Crippen LogP contribution >= 0.6 is 0 Å². The molecule has 1 heterocycles. The van der Waals surface area contributed by atoms with Gasteiger partial charge in [0, 0.05) is 23.9 Å². The maximum atomic E-state index is 13.6. The number of rotatable bonds is 3. The van der Waals surface area contributed by atoms with Crippen molar-refractivity contribution in [3.63, 3.8) is 0 Å². The maximum Gasteiger partial charge on any atom is 0.296 e. The number of hydrogen-bond donors (Lipinski definition) is 1. The van der Waals surface area contributed by atoms with E-state index in [0.717, 1.165) is 18.3 Å². The number of nitrogens with one attached hydrogen (secondary N) is 1. The zero-order valence-corrected chi connectivity index (χ0v) is 10.1. The highest BCUT2D eigenvalue weighted by atomic mass is 19.2. The number of halogens is 3. The molecule has 2 aromatic rings. The number of nitro benzene ring substituents is 1. The number of pyridine rings is 1. The summed E-state index contributed by atoms with van der Waals surface area (Å²) in [6.07, 6.45) is 0.987. The molecule has 0 saturated carbocycles. The Morgan fingerprint density at radius 3 is 2.57 bits per heavy atom. The molecule has 0 atom stereocenters. The molecule has 0 radical (unpaired) electrons. The van der Waals surface area contributed by atoms with Crippen LogP contribution in [0.15, 0.2) is 30.5 Å². The number of aromatic nitrogens is 1. The highest BCUT2D eigenvalue weighted by molar-refractivity contribution is 6.05. The van der Waals surface area contributed by atoms with E-state index < -0.39 is 39.8 Å².